The molecule has 1 aromatic carbocycles. The molecule has 3 aromatic rings. The van der Waals surface area contributed by atoms with Crippen LogP contribution in [0.4, 0.5) is 0 Å². The number of aromatic nitrogens is 2. The molecule has 1 aliphatic heterocycles. The average Bonchev–Trinajstić information content (AvgIpc) is 3.19. The van der Waals surface area contributed by atoms with Gasteiger partial charge in [0, 0.05) is 31.2 Å². The maximum atomic E-state index is 12.7. The minimum Gasteiger partial charge on any atom is -0.335 e. The smallest absolute Gasteiger partial charge is 0.264 e. The van der Waals surface area contributed by atoms with E-state index in [4.69, 9.17) is 11.6 Å². The molecule has 0 saturated carbocycles. The summed E-state index contributed by atoms with van der Waals surface area (Å²) >= 11 is 7.46. The lowest BCUT2D eigenvalue weighted by Crippen LogP contribution is -2.49. The number of fused-ring (bicyclic) bond motifs is 1. The Labute approximate surface area is 159 Å². The minimum atomic E-state index is -0.102. The lowest BCUT2D eigenvalue weighted by Gasteiger charge is -2.34. The van der Waals surface area contributed by atoms with Gasteiger partial charge in [-0.25, -0.2) is 4.98 Å². The first-order valence-corrected chi connectivity index (χ1v) is 9.57. The van der Waals surface area contributed by atoms with Crippen LogP contribution in [0.1, 0.15) is 9.67 Å². The molecule has 0 bridgehead atoms. The largest absolute Gasteiger partial charge is 0.335 e. The second kappa shape index (κ2) is 7.19. The summed E-state index contributed by atoms with van der Waals surface area (Å²) in [6.07, 6.45) is 1.57. The average molecular weight is 389 g/mol. The number of rotatable bonds is 3. The highest BCUT2D eigenvalue weighted by atomic mass is 35.5. The lowest BCUT2D eigenvalue weighted by atomic mass is 10.2. The van der Waals surface area contributed by atoms with E-state index in [9.17, 15) is 9.59 Å². The van der Waals surface area contributed by atoms with Gasteiger partial charge in [-0.3, -0.25) is 19.1 Å². The maximum Gasteiger partial charge on any atom is 0.264 e. The van der Waals surface area contributed by atoms with Crippen LogP contribution < -0.4 is 5.56 Å². The Morgan fingerprint density at radius 2 is 2.00 bits per heavy atom. The molecule has 134 valence electrons. The van der Waals surface area contributed by atoms with Crippen molar-refractivity contribution in [1.82, 2.24) is 19.4 Å². The molecule has 0 atom stereocenters. The van der Waals surface area contributed by atoms with Gasteiger partial charge < -0.3 is 4.90 Å². The maximum absolute atomic E-state index is 12.7. The fourth-order valence-electron chi connectivity index (χ4n) is 3.10. The third-order valence-electron chi connectivity index (χ3n) is 4.53. The van der Waals surface area contributed by atoms with Crippen molar-refractivity contribution in [1.29, 1.82) is 0 Å². The van der Waals surface area contributed by atoms with Gasteiger partial charge in [0.2, 0.25) is 0 Å². The van der Waals surface area contributed by atoms with Crippen molar-refractivity contribution in [3.8, 4) is 0 Å². The van der Waals surface area contributed by atoms with E-state index >= 15 is 0 Å². The first-order valence-electron chi connectivity index (χ1n) is 8.32. The molecule has 0 N–H and O–H groups in total. The Kier molecular flexibility index (Phi) is 4.76. The van der Waals surface area contributed by atoms with Crippen molar-refractivity contribution < 1.29 is 4.79 Å². The van der Waals surface area contributed by atoms with Crippen molar-refractivity contribution in [2.24, 2.45) is 0 Å². The van der Waals surface area contributed by atoms with E-state index in [2.05, 4.69) is 9.88 Å². The van der Waals surface area contributed by atoms with Gasteiger partial charge in [-0.05, 0) is 29.6 Å². The van der Waals surface area contributed by atoms with E-state index in [1.165, 1.54) is 11.3 Å². The summed E-state index contributed by atoms with van der Waals surface area (Å²) in [4.78, 5) is 34.2. The molecule has 1 amide bonds. The van der Waals surface area contributed by atoms with E-state index in [-0.39, 0.29) is 11.5 Å². The Balaban J connectivity index is 1.45. The molecular formula is C18H17ClN4O2S. The van der Waals surface area contributed by atoms with E-state index in [0.29, 0.717) is 35.7 Å². The summed E-state index contributed by atoms with van der Waals surface area (Å²) < 4.78 is 1.59. The third-order valence-corrected chi connectivity index (χ3v) is 5.62. The van der Waals surface area contributed by atoms with Gasteiger partial charge in [0.25, 0.3) is 11.5 Å². The molecule has 4 rings (SSSR count). The van der Waals surface area contributed by atoms with Crippen LogP contribution in [0.5, 0.6) is 0 Å². The summed E-state index contributed by atoms with van der Waals surface area (Å²) in [5, 5.41) is 2.95. The molecule has 0 spiro atoms. The van der Waals surface area contributed by atoms with Crippen molar-refractivity contribution in [3.05, 3.63) is 62.3 Å². The van der Waals surface area contributed by atoms with Crippen molar-refractivity contribution in [3.63, 3.8) is 0 Å². The first-order chi connectivity index (χ1) is 12.6. The molecule has 1 fully saturated rings. The quantitative estimate of drug-likeness (QED) is 0.691. The van der Waals surface area contributed by atoms with Gasteiger partial charge in [-0.1, -0.05) is 17.7 Å². The number of nitrogens with zero attached hydrogens (tertiary/aromatic N) is 4. The van der Waals surface area contributed by atoms with Crippen LogP contribution in [0.3, 0.4) is 0 Å². The van der Waals surface area contributed by atoms with Crippen molar-refractivity contribution >= 4 is 39.7 Å². The molecule has 0 unspecified atom stereocenters. The van der Waals surface area contributed by atoms with Crippen LogP contribution in [-0.4, -0.2) is 51.4 Å². The van der Waals surface area contributed by atoms with Crippen LogP contribution >= 0.6 is 22.9 Å². The minimum absolute atomic E-state index is 0.0823. The predicted octanol–water partition coefficient (Wildman–Crippen LogP) is 2.53. The summed E-state index contributed by atoms with van der Waals surface area (Å²) in [5.74, 6) is 0.0823. The Morgan fingerprint density at radius 1 is 1.19 bits per heavy atom. The first kappa shape index (κ1) is 17.2. The van der Waals surface area contributed by atoms with E-state index in [0.717, 1.165) is 18.0 Å². The van der Waals surface area contributed by atoms with Crippen LogP contribution in [0.2, 0.25) is 5.02 Å². The number of benzene rings is 1. The summed E-state index contributed by atoms with van der Waals surface area (Å²) in [6.45, 7) is 3.19. The zero-order valence-electron chi connectivity index (χ0n) is 14.0. The van der Waals surface area contributed by atoms with Gasteiger partial charge in [-0.2, -0.15) is 0 Å². The number of thiophene rings is 1. The third kappa shape index (κ3) is 3.38. The van der Waals surface area contributed by atoms with E-state index < -0.39 is 0 Å². The molecule has 0 radical (unpaired) electrons. The van der Waals surface area contributed by atoms with Crippen LogP contribution in [0.15, 0.2) is 46.8 Å². The van der Waals surface area contributed by atoms with Crippen LogP contribution in [0.25, 0.3) is 10.9 Å². The number of piperazine rings is 1. The lowest BCUT2D eigenvalue weighted by molar-refractivity contribution is 0.0597. The normalized spacial score (nSPS) is 15.5. The van der Waals surface area contributed by atoms with Crippen LogP contribution in [-0.2, 0) is 6.67 Å². The highest BCUT2D eigenvalue weighted by molar-refractivity contribution is 7.12. The molecule has 6 nitrogen and oxygen atoms in total. The summed E-state index contributed by atoms with van der Waals surface area (Å²) in [6, 6.07) is 8.87. The number of halogens is 1. The summed E-state index contributed by atoms with van der Waals surface area (Å²) in [5.41, 5.74) is 0.539. The summed E-state index contributed by atoms with van der Waals surface area (Å²) in [7, 11) is 0. The van der Waals surface area contributed by atoms with Gasteiger partial charge >= 0.3 is 0 Å². The highest BCUT2D eigenvalue weighted by Gasteiger charge is 2.23. The van der Waals surface area contributed by atoms with Gasteiger partial charge in [0.05, 0.1) is 28.8 Å². The standard InChI is InChI=1S/C18H17ClN4O2S/c19-13-3-4-15-14(10-13)17(24)23(11-20-15)12-21-5-7-22(8-6-21)18(25)16-2-1-9-26-16/h1-4,9-11H,5-8,12H2. The zero-order chi connectivity index (χ0) is 18.1. The molecule has 2 aromatic heterocycles. The van der Waals surface area contributed by atoms with E-state index in [1.54, 1.807) is 29.1 Å². The molecule has 3 heterocycles. The Hall–Kier alpha value is -2.22. The van der Waals surface area contributed by atoms with Crippen LogP contribution in [0, 0.1) is 0 Å². The predicted molar refractivity (Wildman–Crippen MR) is 103 cm³/mol. The second-order valence-electron chi connectivity index (χ2n) is 6.21. The fourth-order valence-corrected chi connectivity index (χ4v) is 3.96. The molecular weight excluding hydrogens is 372 g/mol. The van der Waals surface area contributed by atoms with Gasteiger partial charge in [0.15, 0.2) is 0 Å². The molecule has 1 aliphatic rings. The number of amides is 1. The molecule has 26 heavy (non-hydrogen) atoms. The number of carbonyl (C=O) groups excluding carboxylic acids is 1. The van der Waals surface area contributed by atoms with E-state index in [1.807, 2.05) is 22.4 Å². The Bertz CT molecular complexity index is 994. The topological polar surface area (TPSA) is 58.4 Å². The molecule has 8 heteroatoms. The van der Waals surface area contributed by atoms with Crippen molar-refractivity contribution in [2.75, 3.05) is 26.2 Å². The SMILES string of the molecule is O=C(c1cccs1)N1CCN(Cn2cnc3ccc(Cl)cc3c2=O)CC1. The molecule has 0 aliphatic carbocycles. The number of carbonyl (C=O) groups is 1. The highest BCUT2D eigenvalue weighted by Crippen LogP contribution is 2.15. The Morgan fingerprint density at radius 3 is 2.73 bits per heavy atom. The zero-order valence-corrected chi connectivity index (χ0v) is 15.5. The van der Waals surface area contributed by atoms with Crippen molar-refractivity contribution in [2.45, 2.75) is 6.67 Å². The number of hydrogen-bond donors (Lipinski definition) is 0. The second-order valence-corrected chi connectivity index (χ2v) is 7.59. The van der Waals surface area contributed by atoms with Gasteiger partial charge in [0.1, 0.15) is 0 Å². The molecule has 1 saturated heterocycles. The number of hydrogen-bond acceptors (Lipinski definition) is 5. The monoisotopic (exact) mass is 388 g/mol. The van der Waals surface area contributed by atoms with Gasteiger partial charge in [-0.15, -0.1) is 11.3 Å². The fraction of sp³-hybridized carbons (Fsp3) is 0.278.